The van der Waals surface area contributed by atoms with Gasteiger partial charge in [0.25, 0.3) is 0 Å². The van der Waals surface area contributed by atoms with Crippen LogP contribution in [0.4, 0.5) is 5.69 Å². The van der Waals surface area contributed by atoms with Gasteiger partial charge >= 0.3 is 0 Å². The van der Waals surface area contributed by atoms with Gasteiger partial charge in [0.15, 0.2) is 5.96 Å². The van der Waals surface area contributed by atoms with E-state index in [0.29, 0.717) is 5.75 Å². The molecule has 2 aromatic carbocycles. The Labute approximate surface area is 173 Å². The first-order valence-corrected chi connectivity index (χ1v) is 10.4. The SMILES string of the molecule is CCNC(=NCCCc1ccc(OC)cc1)N1CCN(c2ccccc2O)CC1. The zero-order chi connectivity index (χ0) is 20.5. The number of hydrogen-bond acceptors (Lipinski definition) is 4. The Bertz CT molecular complexity index is 784. The Morgan fingerprint density at radius 3 is 2.45 bits per heavy atom. The van der Waals surface area contributed by atoms with Crippen LogP contribution < -0.4 is 15.0 Å². The maximum Gasteiger partial charge on any atom is 0.194 e. The minimum atomic E-state index is 0.347. The third-order valence-electron chi connectivity index (χ3n) is 5.18. The Morgan fingerprint density at radius 1 is 1.07 bits per heavy atom. The molecule has 0 amide bonds. The minimum absolute atomic E-state index is 0.347. The van der Waals surface area contributed by atoms with Crippen molar-refractivity contribution in [1.29, 1.82) is 0 Å². The Hall–Kier alpha value is -2.89. The van der Waals surface area contributed by atoms with E-state index in [1.807, 2.05) is 30.3 Å². The number of aliphatic imine (C=N–C) groups is 1. The summed E-state index contributed by atoms with van der Waals surface area (Å²) >= 11 is 0. The van der Waals surface area contributed by atoms with E-state index in [2.05, 4.69) is 34.2 Å². The fraction of sp³-hybridized carbons (Fsp3) is 0.435. The van der Waals surface area contributed by atoms with Gasteiger partial charge in [-0.25, -0.2) is 0 Å². The van der Waals surface area contributed by atoms with Crippen molar-refractivity contribution in [2.75, 3.05) is 51.3 Å². The van der Waals surface area contributed by atoms with Crippen molar-refractivity contribution in [1.82, 2.24) is 10.2 Å². The molecule has 2 N–H and O–H groups in total. The van der Waals surface area contributed by atoms with Crippen molar-refractivity contribution in [3.8, 4) is 11.5 Å². The standard InChI is InChI=1S/C23H32N4O2/c1-3-24-23(25-14-6-7-19-10-12-20(29-2)13-11-19)27-17-15-26(16-18-27)21-8-4-5-9-22(21)28/h4-5,8-13,28H,3,6-7,14-18H2,1-2H3,(H,24,25). The van der Waals surface area contributed by atoms with Crippen molar-refractivity contribution < 1.29 is 9.84 Å². The van der Waals surface area contributed by atoms with E-state index < -0.39 is 0 Å². The number of nitrogens with one attached hydrogen (secondary N) is 1. The summed E-state index contributed by atoms with van der Waals surface area (Å²) in [5.41, 5.74) is 2.22. The van der Waals surface area contributed by atoms with Crippen molar-refractivity contribution in [3.63, 3.8) is 0 Å². The number of guanidine groups is 1. The van der Waals surface area contributed by atoms with Crippen molar-refractivity contribution >= 4 is 11.6 Å². The van der Waals surface area contributed by atoms with E-state index in [9.17, 15) is 5.11 Å². The molecule has 1 saturated heterocycles. The second kappa shape index (κ2) is 10.6. The van der Waals surface area contributed by atoms with Crippen LogP contribution in [0.1, 0.15) is 18.9 Å². The molecule has 0 spiro atoms. The zero-order valence-corrected chi connectivity index (χ0v) is 17.5. The lowest BCUT2D eigenvalue weighted by molar-refractivity contribution is 0.370. The average molecular weight is 397 g/mol. The normalized spacial score (nSPS) is 14.8. The van der Waals surface area contributed by atoms with Gasteiger partial charge in [-0.15, -0.1) is 0 Å². The molecule has 2 aromatic rings. The van der Waals surface area contributed by atoms with Crippen LogP contribution in [0.2, 0.25) is 0 Å². The van der Waals surface area contributed by atoms with Crippen LogP contribution in [0.15, 0.2) is 53.5 Å². The Kier molecular flexibility index (Phi) is 7.61. The molecular weight excluding hydrogens is 364 g/mol. The summed E-state index contributed by atoms with van der Waals surface area (Å²) in [6.45, 7) is 7.27. The number of phenols is 1. The van der Waals surface area contributed by atoms with Crippen molar-refractivity contribution in [2.24, 2.45) is 4.99 Å². The third-order valence-corrected chi connectivity index (χ3v) is 5.18. The number of ether oxygens (including phenoxy) is 1. The molecule has 1 heterocycles. The highest BCUT2D eigenvalue weighted by molar-refractivity contribution is 5.80. The van der Waals surface area contributed by atoms with Gasteiger partial charge in [-0.05, 0) is 49.6 Å². The van der Waals surface area contributed by atoms with Crippen LogP contribution >= 0.6 is 0 Å². The lowest BCUT2D eigenvalue weighted by Gasteiger charge is -2.37. The van der Waals surface area contributed by atoms with E-state index in [1.165, 1.54) is 5.56 Å². The van der Waals surface area contributed by atoms with Crippen LogP contribution in [0.5, 0.6) is 11.5 Å². The molecule has 3 rings (SSSR count). The summed E-state index contributed by atoms with van der Waals surface area (Å²) in [6, 6.07) is 15.8. The lowest BCUT2D eigenvalue weighted by atomic mass is 10.1. The maximum atomic E-state index is 10.1. The first-order valence-electron chi connectivity index (χ1n) is 10.4. The van der Waals surface area contributed by atoms with Gasteiger partial charge in [0.2, 0.25) is 0 Å². The second-order valence-corrected chi connectivity index (χ2v) is 7.15. The van der Waals surface area contributed by atoms with Gasteiger partial charge in [0.05, 0.1) is 12.8 Å². The number of aromatic hydroxyl groups is 1. The van der Waals surface area contributed by atoms with Crippen molar-refractivity contribution in [2.45, 2.75) is 19.8 Å². The van der Waals surface area contributed by atoms with E-state index in [4.69, 9.17) is 9.73 Å². The molecule has 0 bridgehead atoms. The topological polar surface area (TPSA) is 60.3 Å². The van der Waals surface area contributed by atoms with E-state index in [-0.39, 0.29) is 0 Å². The molecule has 1 fully saturated rings. The number of piperazine rings is 1. The quantitative estimate of drug-likeness (QED) is 0.428. The number of rotatable bonds is 7. The van der Waals surface area contributed by atoms with Gasteiger partial charge in [-0.2, -0.15) is 0 Å². The van der Waals surface area contributed by atoms with Gasteiger partial charge < -0.3 is 25.0 Å². The van der Waals surface area contributed by atoms with Crippen LogP contribution in [0.3, 0.4) is 0 Å². The number of aryl methyl sites for hydroxylation is 1. The third kappa shape index (κ3) is 5.79. The monoisotopic (exact) mass is 396 g/mol. The molecule has 0 saturated carbocycles. The predicted molar refractivity (Wildman–Crippen MR) is 119 cm³/mol. The lowest BCUT2D eigenvalue weighted by Crippen LogP contribution is -2.52. The number of para-hydroxylation sites is 2. The Morgan fingerprint density at radius 2 is 1.79 bits per heavy atom. The summed E-state index contributed by atoms with van der Waals surface area (Å²) in [7, 11) is 1.69. The molecule has 0 aromatic heterocycles. The largest absolute Gasteiger partial charge is 0.506 e. The molecule has 1 aliphatic heterocycles. The highest BCUT2D eigenvalue weighted by Gasteiger charge is 2.21. The molecule has 0 atom stereocenters. The number of benzene rings is 2. The van der Waals surface area contributed by atoms with Crippen LogP contribution in [-0.4, -0.2) is 62.3 Å². The van der Waals surface area contributed by atoms with Gasteiger partial charge in [0, 0.05) is 39.3 Å². The van der Waals surface area contributed by atoms with Gasteiger partial charge in [0.1, 0.15) is 11.5 Å². The van der Waals surface area contributed by atoms with E-state index in [0.717, 1.165) is 69.5 Å². The maximum absolute atomic E-state index is 10.1. The number of nitrogens with zero attached hydrogens (tertiary/aromatic N) is 3. The van der Waals surface area contributed by atoms with Crippen LogP contribution in [-0.2, 0) is 6.42 Å². The van der Waals surface area contributed by atoms with E-state index >= 15 is 0 Å². The smallest absolute Gasteiger partial charge is 0.194 e. The highest BCUT2D eigenvalue weighted by Crippen LogP contribution is 2.27. The molecule has 1 aliphatic rings. The average Bonchev–Trinajstić information content (AvgIpc) is 2.77. The van der Waals surface area contributed by atoms with Crippen molar-refractivity contribution in [3.05, 3.63) is 54.1 Å². The first kappa shape index (κ1) is 20.8. The van der Waals surface area contributed by atoms with Gasteiger partial charge in [-0.3, -0.25) is 4.99 Å². The summed E-state index contributed by atoms with van der Waals surface area (Å²) in [5, 5.41) is 13.5. The number of anilines is 1. The molecule has 6 heteroatoms. The van der Waals surface area contributed by atoms with E-state index in [1.54, 1.807) is 13.2 Å². The number of phenolic OH excluding ortho intramolecular Hbond substituents is 1. The summed E-state index contributed by atoms with van der Waals surface area (Å²) in [5.74, 6) is 2.23. The molecule has 29 heavy (non-hydrogen) atoms. The van der Waals surface area contributed by atoms with Gasteiger partial charge in [-0.1, -0.05) is 24.3 Å². The second-order valence-electron chi connectivity index (χ2n) is 7.15. The fourth-order valence-electron chi connectivity index (χ4n) is 3.58. The minimum Gasteiger partial charge on any atom is -0.506 e. The molecule has 0 aliphatic carbocycles. The molecule has 0 radical (unpaired) electrons. The first-order chi connectivity index (χ1) is 14.2. The highest BCUT2D eigenvalue weighted by atomic mass is 16.5. The Balaban J connectivity index is 1.50. The molecule has 6 nitrogen and oxygen atoms in total. The van der Waals surface area contributed by atoms with Crippen LogP contribution in [0, 0.1) is 0 Å². The zero-order valence-electron chi connectivity index (χ0n) is 17.5. The molecule has 156 valence electrons. The number of methoxy groups -OCH3 is 1. The predicted octanol–water partition coefficient (Wildman–Crippen LogP) is 3.12. The summed E-state index contributed by atoms with van der Waals surface area (Å²) in [6.07, 6.45) is 2.02. The number of hydrogen-bond donors (Lipinski definition) is 2. The molecule has 0 unspecified atom stereocenters. The summed E-state index contributed by atoms with van der Waals surface area (Å²) < 4.78 is 5.21. The fourth-order valence-corrected chi connectivity index (χ4v) is 3.58. The molecular formula is C23H32N4O2. The summed E-state index contributed by atoms with van der Waals surface area (Å²) in [4.78, 5) is 9.39. The van der Waals surface area contributed by atoms with Crippen LogP contribution in [0.25, 0.3) is 0 Å².